The molecule has 2 aromatic heterocycles. The molecule has 0 fully saturated rings. The average molecular weight is 548 g/mol. The van der Waals surface area contributed by atoms with Crippen LogP contribution >= 0.6 is 20.7 Å². The van der Waals surface area contributed by atoms with Crippen LogP contribution in [0.5, 0.6) is 0 Å². The van der Waals surface area contributed by atoms with Gasteiger partial charge >= 0.3 is 0 Å². The maximum Gasteiger partial charge on any atom is 0.0548 e. The molecule has 3 heterocycles. The molecule has 0 unspecified atom stereocenters. The van der Waals surface area contributed by atoms with E-state index in [1.54, 1.807) is 0 Å². The lowest BCUT2D eigenvalue weighted by Crippen LogP contribution is -1.99. The lowest BCUT2D eigenvalue weighted by Gasteiger charge is -2.12. The van der Waals surface area contributed by atoms with Crippen molar-refractivity contribution in [3.63, 3.8) is 0 Å². The zero-order valence-electron chi connectivity index (χ0n) is 18.4. The van der Waals surface area contributed by atoms with Gasteiger partial charge in [-0.05, 0) is 58.2 Å². The van der Waals surface area contributed by atoms with Crippen LogP contribution in [0.3, 0.4) is 0 Å². The fourth-order valence-corrected chi connectivity index (χ4v) is 7.16. The van der Waals surface area contributed by atoms with Gasteiger partial charge in [0.05, 0.1) is 22.2 Å². The van der Waals surface area contributed by atoms with E-state index in [1.807, 2.05) is 0 Å². The van der Waals surface area contributed by atoms with Crippen LogP contribution in [0.15, 0.2) is 126 Å². The highest BCUT2D eigenvalue weighted by Gasteiger charge is 2.16. The number of aromatic nitrogens is 2. The number of nitrogens with zero attached hydrogens (tertiary/aromatic N) is 2. The maximum atomic E-state index is 2.46. The van der Waals surface area contributed by atoms with Gasteiger partial charge in [-0.25, -0.2) is 0 Å². The molecular formula is C31H21IN2. The second-order valence-electron chi connectivity index (χ2n) is 8.49. The fourth-order valence-electron chi connectivity index (χ4n) is 4.91. The Bertz CT molecular complexity index is 1780. The van der Waals surface area contributed by atoms with Crippen molar-refractivity contribution in [3.05, 3.63) is 131 Å². The standard InChI is InChI=1S/C31H21IN2/c1-3-9-22(10-4-1)28-16-15-25(21-32-28)34-29-14-8-7-13-26(29)27-20-30-23(19-31(27)34)17-18-33(30)24-11-5-2-6-12-24/h1-21H. The first kappa shape index (κ1) is 19.7. The Morgan fingerprint density at radius 3 is 2.15 bits per heavy atom. The van der Waals surface area contributed by atoms with Gasteiger partial charge in [-0.2, -0.15) is 0 Å². The van der Waals surface area contributed by atoms with Crippen molar-refractivity contribution < 1.29 is 0 Å². The van der Waals surface area contributed by atoms with Crippen molar-refractivity contribution in [1.29, 1.82) is 0 Å². The van der Waals surface area contributed by atoms with Crippen LogP contribution in [0.4, 0.5) is 0 Å². The molecule has 7 rings (SSSR count). The van der Waals surface area contributed by atoms with Gasteiger partial charge in [-0.15, -0.1) is 0 Å². The zero-order chi connectivity index (χ0) is 22.5. The Kier molecular flexibility index (Phi) is 4.62. The van der Waals surface area contributed by atoms with Gasteiger partial charge in [0.2, 0.25) is 0 Å². The molecule has 0 N–H and O–H groups in total. The number of hydrogen-bond donors (Lipinski definition) is 0. The Hall–Kier alpha value is -3.70. The molecule has 6 aromatic rings. The van der Waals surface area contributed by atoms with Crippen LogP contribution in [0.2, 0.25) is 0 Å². The number of rotatable bonds is 3. The minimum absolute atomic E-state index is 0.209. The lowest BCUT2D eigenvalue weighted by atomic mass is 10.1. The normalized spacial score (nSPS) is 13.8. The SMILES string of the molecule is C1=CC(c2ccccc2)=IC=C1n1c2ccccc2c2cc3c(ccn3-c3ccccc3)cc21. The second-order valence-corrected chi connectivity index (χ2v) is 10.9. The number of halogens is 1. The number of benzene rings is 4. The largest absolute Gasteiger partial charge is 0.317 e. The van der Waals surface area contributed by atoms with Gasteiger partial charge in [0.1, 0.15) is 0 Å². The fraction of sp³-hybridized carbons (Fsp3) is 0. The lowest BCUT2D eigenvalue weighted by molar-refractivity contribution is 1.13. The van der Waals surface area contributed by atoms with E-state index in [9.17, 15) is 0 Å². The van der Waals surface area contributed by atoms with Crippen molar-refractivity contribution in [2.75, 3.05) is 0 Å². The quantitative estimate of drug-likeness (QED) is 0.197. The Morgan fingerprint density at radius 1 is 0.588 bits per heavy atom. The zero-order valence-corrected chi connectivity index (χ0v) is 20.6. The Labute approximate surface area is 207 Å². The first-order chi connectivity index (χ1) is 16.9. The average Bonchev–Trinajstić information content (AvgIpc) is 3.47. The van der Waals surface area contributed by atoms with Crippen molar-refractivity contribution in [2.24, 2.45) is 0 Å². The summed E-state index contributed by atoms with van der Waals surface area (Å²) in [5.74, 6) is 0. The second kappa shape index (κ2) is 7.96. The van der Waals surface area contributed by atoms with Crippen molar-refractivity contribution in [2.45, 2.75) is 0 Å². The van der Waals surface area contributed by atoms with Crippen molar-refractivity contribution >= 4 is 62.6 Å². The summed E-state index contributed by atoms with van der Waals surface area (Å²) < 4.78 is 8.66. The first-order valence-corrected chi connectivity index (χ1v) is 13.7. The molecule has 0 aliphatic carbocycles. The summed E-state index contributed by atoms with van der Waals surface area (Å²) in [5.41, 5.74) is 7.57. The molecule has 0 saturated carbocycles. The monoisotopic (exact) mass is 548 g/mol. The van der Waals surface area contributed by atoms with Gasteiger partial charge in [-0.3, -0.25) is 0 Å². The van der Waals surface area contributed by atoms with E-state index in [0.29, 0.717) is 0 Å². The Balaban J connectivity index is 1.45. The molecule has 4 aromatic carbocycles. The van der Waals surface area contributed by atoms with Gasteiger partial charge in [0, 0.05) is 31.6 Å². The van der Waals surface area contributed by atoms with E-state index >= 15 is 0 Å². The molecule has 0 spiro atoms. The highest BCUT2D eigenvalue weighted by molar-refractivity contribution is 14.2. The summed E-state index contributed by atoms with van der Waals surface area (Å²) in [6.07, 6.45) is 6.79. The molecule has 0 radical (unpaired) electrons. The van der Waals surface area contributed by atoms with Crippen molar-refractivity contribution in [1.82, 2.24) is 9.13 Å². The molecule has 0 atom stereocenters. The molecule has 1 aliphatic heterocycles. The maximum absolute atomic E-state index is 2.46. The summed E-state index contributed by atoms with van der Waals surface area (Å²) in [5, 5.41) is 3.85. The number of hydrogen-bond acceptors (Lipinski definition) is 0. The van der Waals surface area contributed by atoms with Crippen LogP contribution < -0.4 is 0 Å². The van der Waals surface area contributed by atoms with E-state index in [4.69, 9.17) is 0 Å². The van der Waals surface area contributed by atoms with Gasteiger partial charge in [0.25, 0.3) is 0 Å². The molecule has 0 amide bonds. The summed E-state index contributed by atoms with van der Waals surface area (Å²) in [6, 6.07) is 37.1. The van der Waals surface area contributed by atoms with Crippen LogP contribution in [-0.2, 0) is 0 Å². The third-order valence-corrected chi connectivity index (χ3v) is 9.11. The van der Waals surface area contributed by atoms with Crippen LogP contribution in [0.1, 0.15) is 5.56 Å². The molecule has 3 heteroatoms. The molecule has 162 valence electrons. The highest BCUT2D eigenvalue weighted by Crippen LogP contribution is 2.37. The van der Waals surface area contributed by atoms with E-state index in [1.165, 1.54) is 53.2 Å². The molecular weight excluding hydrogens is 527 g/mol. The van der Waals surface area contributed by atoms with Gasteiger partial charge < -0.3 is 9.13 Å². The Morgan fingerprint density at radius 2 is 1.35 bits per heavy atom. The predicted octanol–water partition coefficient (Wildman–Crippen LogP) is 8.30. The number of fused-ring (bicyclic) bond motifs is 4. The third-order valence-electron chi connectivity index (χ3n) is 6.51. The summed E-state index contributed by atoms with van der Waals surface area (Å²) in [7, 11) is 0. The van der Waals surface area contributed by atoms with Crippen LogP contribution in [0.25, 0.3) is 44.1 Å². The van der Waals surface area contributed by atoms with Gasteiger partial charge in [0.15, 0.2) is 0 Å². The molecule has 2 nitrogen and oxygen atoms in total. The smallest absolute Gasteiger partial charge is 0.0548 e. The molecule has 34 heavy (non-hydrogen) atoms. The van der Waals surface area contributed by atoms with E-state index in [2.05, 4.69) is 135 Å². The number of para-hydroxylation sites is 2. The summed E-state index contributed by atoms with van der Waals surface area (Å²) in [4.78, 5) is 0. The summed E-state index contributed by atoms with van der Waals surface area (Å²) >= 11 is -0.209. The minimum Gasteiger partial charge on any atom is -0.317 e. The van der Waals surface area contributed by atoms with E-state index < -0.39 is 0 Å². The van der Waals surface area contributed by atoms with Crippen molar-refractivity contribution in [3.8, 4) is 5.69 Å². The third kappa shape index (κ3) is 3.11. The molecule has 0 bridgehead atoms. The van der Waals surface area contributed by atoms with E-state index in [0.717, 1.165) is 0 Å². The first-order valence-electron chi connectivity index (χ1n) is 11.4. The topological polar surface area (TPSA) is 9.86 Å². The highest BCUT2D eigenvalue weighted by atomic mass is 127. The molecule has 0 saturated heterocycles. The minimum atomic E-state index is -0.209. The number of allylic oxidation sites excluding steroid dienone is 3. The summed E-state index contributed by atoms with van der Waals surface area (Å²) in [6.45, 7) is 0. The van der Waals surface area contributed by atoms with Crippen LogP contribution in [0, 0.1) is 0 Å². The predicted molar refractivity (Wildman–Crippen MR) is 154 cm³/mol. The van der Waals surface area contributed by atoms with Crippen LogP contribution in [-0.4, -0.2) is 12.6 Å². The molecule has 1 aliphatic rings. The van der Waals surface area contributed by atoms with Gasteiger partial charge in [-0.1, -0.05) is 87.5 Å². The van der Waals surface area contributed by atoms with E-state index in [-0.39, 0.29) is 20.7 Å².